The van der Waals surface area contributed by atoms with Crippen LogP contribution in [0, 0.1) is 39.4 Å². The van der Waals surface area contributed by atoms with E-state index < -0.39 is 58.3 Å². The van der Waals surface area contributed by atoms with E-state index in [-0.39, 0.29) is 18.3 Å². The number of carbonyl (C=O) groups excluding carboxylic acids is 2. The zero-order valence-corrected chi connectivity index (χ0v) is 19.6. The fourth-order valence-corrected chi connectivity index (χ4v) is 7.81. The van der Waals surface area contributed by atoms with Gasteiger partial charge in [-0.1, -0.05) is 49.7 Å². The van der Waals surface area contributed by atoms with Crippen molar-refractivity contribution in [3.05, 3.63) is 28.7 Å². The second kappa shape index (κ2) is 7.31. The van der Waals surface area contributed by atoms with Gasteiger partial charge in [-0.05, 0) is 50.4 Å². The lowest BCUT2D eigenvalue weighted by Crippen LogP contribution is -2.69. The van der Waals surface area contributed by atoms with Crippen molar-refractivity contribution in [1.82, 2.24) is 0 Å². The number of nitroso groups, excluding NO2 is 1. The Balaban J connectivity index is 1.79. The summed E-state index contributed by atoms with van der Waals surface area (Å²) in [7, 11) is 0. The molecule has 6 nitrogen and oxygen atoms in total. The third-order valence-corrected chi connectivity index (χ3v) is 9.48. The van der Waals surface area contributed by atoms with Gasteiger partial charge in [-0.25, -0.2) is 4.39 Å². The van der Waals surface area contributed by atoms with E-state index in [1.165, 1.54) is 6.92 Å². The third kappa shape index (κ3) is 2.72. The summed E-state index contributed by atoms with van der Waals surface area (Å²) in [6.07, 6.45) is 7.71. The molecule has 4 aliphatic rings. The number of esters is 1. The SMILES string of the molecule is CC(=O)OCC(=O)C1(O)C(C)CC2C3CCC4=CC(C)C=CC4(C)C3(F)C(N=O)CC21C. The monoisotopic (exact) mass is 447 g/mol. The van der Waals surface area contributed by atoms with Crippen LogP contribution >= 0.6 is 0 Å². The van der Waals surface area contributed by atoms with Crippen molar-refractivity contribution in [2.24, 2.45) is 39.7 Å². The maximum atomic E-state index is 17.3. The average molecular weight is 448 g/mol. The molecule has 4 rings (SSSR count). The molecular formula is C25H34FNO5. The topological polar surface area (TPSA) is 93.0 Å². The van der Waals surface area contributed by atoms with Gasteiger partial charge in [0.05, 0.1) is 0 Å². The Morgan fingerprint density at radius 2 is 1.97 bits per heavy atom. The molecule has 3 saturated carbocycles. The molecule has 32 heavy (non-hydrogen) atoms. The zero-order valence-electron chi connectivity index (χ0n) is 19.6. The number of fused-ring (bicyclic) bond motifs is 5. The van der Waals surface area contributed by atoms with Crippen molar-refractivity contribution in [3.63, 3.8) is 0 Å². The van der Waals surface area contributed by atoms with Crippen LogP contribution in [0.2, 0.25) is 0 Å². The molecule has 176 valence electrons. The number of halogens is 1. The van der Waals surface area contributed by atoms with E-state index >= 15 is 4.39 Å². The van der Waals surface area contributed by atoms with Crippen LogP contribution in [0.25, 0.3) is 0 Å². The summed E-state index contributed by atoms with van der Waals surface area (Å²) in [6.45, 7) is 8.17. The van der Waals surface area contributed by atoms with E-state index in [0.29, 0.717) is 19.3 Å². The van der Waals surface area contributed by atoms with E-state index in [1.807, 2.05) is 19.1 Å². The largest absolute Gasteiger partial charge is 0.458 e. The minimum atomic E-state index is -1.89. The predicted molar refractivity (Wildman–Crippen MR) is 117 cm³/mol. The number of rotatable bonds is 4. The van der Waals surface area contributed by atoms with Crippen molar-refractivity contribution >= 4 is 11.8 Å². The van der Waals surface area contributed by atoms with E-state index in [4.69, 9.17) is 4.74 Å². The summed E-state index contributed by atoms with van der Waals surface area (Å²) in [4.78, 5) is 36.6. The van der Waals surface area contributed by atoms with Gasteiger partial charge < -0.3 is 9.84 Å². The van der Waals surface area contributed by atoms with Crippen molar-refractivity contribution < 1.29 is 23.8 Å². The van der Waals surface area contributed by atoms with Crippen molar-refractivity contribution in [1.29, 1.82) is 0 Å². The number of hydrogen-bond acceptors (Lipinski definition) is 6. The van der Waals surface area contributed by atoms with Gasteiger partial charge >= 0.3 is 5.97 Å². The molecule has 3 fully saturated rings. The summed E-state index contributed by atoms with van der Waals surface area (Å²) in [6, 6.07) is -1.20. The summed E-state index contributed by atoms with van der Waals surface area (Å²) in [5, 5.41) is 15.1. The van der Waals surface area contributed by atoms with Crippen molar-refractivity contribution in [2.75, 3.05) is 6.61 Å². The molecule has 0 aromatic heterocycles. The molecule has 0 aromatic rings. The first-order valence-electron chi connectivity index (χ1n) is 11.7. The minimum Gasteiger partial charge on any atom is -0.458 e. The van der Waals surface area contributed by atoms with Gasteiger partial charge in [-0.3, -0.25) is 9.59 Å². The van der Waals surface area contributed by atoms with Gasteiger partial charge in [0.2, 0.25) is 5.78 Å². The molecule has 0 aromatic carbocycles. The van der Waals surface area contributed by atoms with Crippen LogP contribution in [-0.4, -0.2) is 40.8 Å². The fraction of sp³-hybridized carbons (Fsp3) is 0.760. The molecule has 9 unspecified atom stereocenters. The van der Waals surface area contributed by atoms with Crippen LogP contribution in [0.15, 0.2) is 29.0 Å². The van der Waals surface area contributed by atoms with E-state index in [2.05, 4.69) is 18.2 Å². The number of ether oxygens (including phenoxy) is 1. The molecule has 9 atom stereocenters. The number of alkyl halides is 1. The summed E-state index contributed by atoms with van der Waals surface area (Å²) in [5.74, 6) is -2.24. The number of ketones is 1. The second-order valence-corrected chi connectivity index (χ2v) is 11.0. The zero-order chi connectivity index (χ0) is 23.7. The van der Waals surface area contributed by atoms with Crippen LogP contribution < -0.4 is 0 Å². The lowest BCUT2D eigenvalue weighted by Gasteiger charge is -2.62. The highest BCUT2D eigenvalue weighted by Crippen LogP contribution is 2.71. The smallest absolute Gasteiger partial charge is 0.303 e. The molecule has 1 N–H and O–H groups in total. The first kappa shape index (κ1) is 23.3. The molecular weight excluding hydrogens is 413 g/mol. The van der Waals surface area contributed by atoms with Crippen LogP contribution in [0.5, 0.6) is 0 Å². The Bertz CT molecular complexity index is 916. The van der Waals surface area contributed by atoms with Gasteiger partial charge in [-0.2, -0.15) is 4.91 Å². The highest BCUT2D eigenvalue weighted by molar-refractivity contribution is 5.91. The molecule has 0 aliphatic heterocycles. The summed E-state index contributed by atoms with van der Waals surface area (Å²) >= 11 is 0. The fourth-order valence-electron chi connectivity index (χ4n) is 7.81. The Labute approximate surface area is 188 Å². The quantitative estimate of drug-likeness (QED) is 0.394. The highest BCUT2D eigenvalue weighted by atomic mass is 19.1. The van der Waals surface area contributed by atoms with Crippen LogP contribution in [0.1, 0.15) is 60.3 Å². The molecule has 0 bridgehead atoms. The van der Waals surface area contributed by atoms with Crippen LogP contribution in [-0.2, 0) is 14.3 Å². The van der Waals surface area contributed by atoms with Crippen molar-refractivity contribution in [2.45, 2.75) is 77.6 Å². The lowest BCUT2D eigenvalue weighted by molar-refractivity contribution is -0.189. The van der Waals surface area contributed by atoms with E-state index in [9.17, 15) is 19.6 Å². The lowest BCUT2D eigenvalue weighted by atomic mass is 9.44. The maximum absolute atomic E-state index is 17.3. The van der Waals surface area contributed by atoms with Crippen LogP contribution in [0.4, 0.5) is 4.39 Å². The Morgan fingerprint density at radius 1 is 1.28 bits per heavy atom. The number of carbonyl (C=O) groups is 2. The van der Waals surface area contributed by atoms with Crippen molar-refractivity contribution in [3.8, 4) is 0 Å². The maximum Gasteiger partial charge on any atom is 0.303 e. The molecule has 0 heterocycles. The molecule has 0 spiro atoms. The predicted octanol–water partition coefficient (Wildman–Crippen LogP) is 4.31. The van der Waals surface area contributed by atoms with Gasteiger partial charge in [0.15, 0.2) is 12.3 Å². The molecule has 0 radical (unpaired) electrons. The number of aliphatic hydroxyl groups is 1. The number of allylic oxidation sites excluding steroid dienone is 4. The van der Waals surface area contributed by atoms with Gasteiger partial charge in [0.1, 0.15) is 11.6 Å². The molecule has 7 heteroatoms. The first-order chi connectivity index (χ1) is 14.9. The second-order valence-electron chi connectivity index (χ2n) is 11.0. The van der Waals surface area contributed by atoms with Crippen LogP contribution in [0.3, 0.4) is 0 Å². The standard InChI is InChI=1S/C25H34FNO5/c1-14-8-9-22(4)17(10-14)6-7-18-19-11-15(2)25(30,21(29)13-32-16(3)28)23(19,5)12-20(27-31)24(18,22)26/h8-10,14-15,18-20,30H,6-7,11-13H2,1-5H3. The van der Waals surface area contributed by atoms with E-state index in [0.717, 1.165) is 5.57 Å². The molecule has 0 saturated heterocycles. The Morgan fingerprint density at radius 3 is 2.59 bits per heavy atom. The Hall–Kier alpha value is -1.89. The minimum absolute atomic E-state index is 0.0208. The summed E-state index contributed by atoms with van der Waals surface area (Å²) < 4.78 is 22.3. The average Bonchev–Trinajstić information content (AvgIpc) is 2.94. The summed E-state index contributed by atoms with van der Waals surface area (Å²) in [5.41, 5.74) is -4.66. The third-order valence-electron chi connectivity index (χ3n) is 9.48. The number of nitrogens with zero attached hydrogens (tertiary/aromatic N) is 1. The first-order valence-corrected chi connectivity index (χ1v) is 11.7. The Kier molecular flexibility index (Phi) is 5.31. The van der Waals surface area contributed by atoms with Gasteiger partial charge in [0, 0.05) is 23.7 Å². The number of Topliss-reactive ketones (excluding diaryl/α,β-unsaturated/α-hetero) is 1. The normalized spacial score (nSPS) is 49.3. The number of hydrogen-bond donors (Lipinski definition) is 1. The van der Waals surface area contributed by atoms with E-state index in [1.54, 1.807) is 13.8 Å². The van der Waals surface area contributed by atoms with Gasteiger partial charge in [0.25, 0.3) is 0 Å². The highest BCUT2D eigenvalue weighted by Gasteiger charge is 2.76. The molecule has 4 aliphatic carbocycles. The van der Waals surface area contributed by atoms with Gasteiger partial charge in [-0.15, -0.1) is 0 Å². The molecule has 0 amide bonds.